The van der Waals surface area contributed by atoms with Gasteiger partial charge in [-0.2, -0.15) is 0 Å². The molecule has 7 nitrogen and oxygen atoms in total. The third-order valence-corrected chi connectivity index (χ3v) is 3.03. The largest absolute Gasteiger partial charge is 0.481 e. The Labute approximate surface area is 121 Å². The van der Waals surface area contributed by atoms with E-state index in [1.807, 2.05) is 13.8 Å². The second kappa shape index (κ2) is 12.4. The first-order valence-corrected chi connectivity index (χ1v) is 6.89. The zero-order valence-electron chi connectivity index (χ0n) is 12.0. The minimum atomic E-state index is -1.08. The van der Waals surface area contributed by atoms with Crippen molar-refractivity contribution in [3.63, 3.8) is 0 Å². The Morgan fingerprint density at radius 2 is 1.70 bits per heavy atom. The molecule has 0 spiro atoms. The minimum absolute atomic E-state index is 0.00873. The van der Waals surface area contributed by atoms with Gasteiger partial charge in [0.1, 0.15) is 16.6 Å². The maximum atomic E-state index is 10.8. The van der Waals surface area contributed by atoms with Crippen LogP contribution in [0.1, 0.15) is 33.1 Å². The van der Waals surface area contributed by atoms with Gasteiger partial charge in [-0.05, 0) is 13.3 Å². The van der Waals surface area contributed by atoms with Crippen molar-refractivity contribution >= 4 is 28.4 Å². The van der Waals surface area contributed by atoms with Gasteiger partial charge in [-0.3, -0.25) is 9.59 Å². The molecular weight excluding hydrogens is 284 g/mol. The van der Waals surface area contributed by atoms with Crippen LogP contribution < -0.4 is 0 Å². The Bertz CT molecular complexity index is 316. The number of rotatable bonds is 8. The molecule has 0 heterocycles. The highest BCUT2D eigenvalue weighted by atomic mass is 28.2. The molecule has 0 aliphatic rings. The highest BCUT2D eigenvalue weighted by Gasteiger charge is 2.17. The average Bonchev–Trinajstić information content (AvgIpc) is 2.41. The number of esters is 1. The van der Waals surface area contributed by atoms with E-state index in [0.29, 0.717) is 10.5 Å². The first-order chi connectivity index (χ1) is 9.28. The number of hydrogen-bond donors (Lipinski definition) is 2. The maximum Gasteiger partial charge on any atom is 0.330 e. The number of carboxylic acids is 2. The summed E-state index contributed by atoms with van der Waals surface area (Å²) in [6, 6.07) is 0. The fraction of sp³-hybridized carbons (Fsp3) is 0.583. The first kappa shape index (κ1) is 20.6. The highest BCUT2D eigenvalue weighted by Crippen LogP contribution is 2.07. The van der Waals surface area contributed by atoms with E-state index in [1.165, 1.54) is 6.08 Å². The van der Waals surface area contributed by atoms with E-state index < -0.39 is 11.9 Å². The van der Waals surface area contributed by atoms with Crippen LogP contribution in [0, 0.1) is 0 Å². The van der Waals surface area contributed by atoms with Crippen LogP contribution in [0.2, 0.25) is 0 Å². The van der Waals surface area contributed by atoms with Gasteiger partial charge in [0.25, 0.3) is 0 Å². The summed E-state index contributed by atoms with van der Waals surface area (Å²) in [5.74, 6) is -2.53. The molecule has 2 N–H and O–H groups in total. The van der Waals surface area contributed by atoms with Crippen LogP contribution in [0.4, 0.5) is 0 Å². The molecule has 0 saturated carbocycles. The van der Waals surface area contributed by atoms with E-state index >= 15 is 0 Å². The molecular formula is C12H22O7Si. The van der Waals surface area contributed by atoms with E-state index in [9.17, 15) is 14.4 Å². The monoisotopic (exact) mass is 306 g/mol. The molecule has 0 fully saturated rings. The average molecular weight is 306 g/mol. The molecule has 0 saturated heterocycles. The fourth-order valence-electron chi connectivity index (χ4n) is 1.07. The summed E-state index contributed by atoms with van der Waals surface area (Å²) in [5.41, 5.74) is 0. The first-order valence-electron chi connectivity index (χ1n) is 6.07. The summed E-state index contributed by atoms with van der Waals surface area (Å²) in [5, 5.41) is 15.8. The molecule has 0 aliphatic carbocycles. The Kier molecular flexibility index (Phi) is 12.8. The second-order valence-corrected chi connectivity index (χ2v) is 4.29. The van der Waals surface area contributed by atoms with Gasteiger partial charge in [-0.25, -0.2) is 4.79 Å². The summed E-state index contributed by atoms with van der Waals surface area (Å²) >= 11 is 0. The van der Waals surface area contributed by atoms with Crippen LogP contribution in [0.25, 0.3) is 0 Å². The Hall–Kier alpha value is -1.67. The standard InChI is InChI=1S/C8H16O3Si.C4H6O4/c1-4-7(6(3)11-12)10-8(9)5-2;5-3(6)1-2-4(7)8/h5-7H,2,4H2,1,3,12H3;1-2H2,(H,5,6)(H,7,8). The lowest BCUT2D eigenvalue weighted by molar-refractivity contribution is -0.147. The summed E-state index contributed by atoms with van der Waals surface area (Å²) in [7, 11) is 0.660. The van der Waals surface area contributed by atoms with Crippen molar-refractivity contribution in [3.05, 3.63) is 12.7 Å². The van der Waals surface area contributed by atoms with E-state index in [2.05, 4.69) is 6.58 Å². The molecule has 0 rings (SSSR count). The Morgan fingerprint density at radius 1 is 1.25 bits per heavy atom. The van der Waals surface area contributed by atoms with Crippen LogP contribution in [-0.4, -0.2) is 50.8 Å². The van der Waals surface area contributed by atoms with Crippen LogP contribution in [0.5, 0.6) is 0 Å². The number of ether oxygens (including phenoxy) is 1. The van der Waals surface area contributed by atoms with Crippen LogP contribution in [0.3, 0.4) is 0 Å². The van der Waals surface area contributed by atoms with Crippen LogP contribution >= 0.6 is 0 Å². The normalized spacial score (nSPS) is 12.5. The number of hydrogen-bond acceptors (Lipinski definition) is 5. The van der Waals surface area contributed by atoms with Gasteiger partial charge in [0.2, 0.25) is 0 Å². The maximum absolute atomic E-state index is 10.8. The minimum Gasteiger partial charge on any atom is -0.481 e. The second-order valence-electron chi connectivity index (χ2n) is 3.82. The number of carbonyl (C=O) groups excluding carboxylic acids is 1. The predicted octanol–water partition coefficient (Wildman–Crippen LogP) is 0.115. The van der Waals surface area contributed by atoms with E-state index in [4.69, 9.17) is 19.4 Å². The molecule has 0 aromatic heterocycles. The van der Waals surface area contributed by atoms with Gasteiger partial charge in [0, 0.05) is 6.08 Å². The fourth-order valence-corrected chi connectivity index (χ4v) is 1.38. The number of aliphatic carboxylic acids is 2. The van der Waals surface area contributed by atoms with Crippen molar-refractivity contribution < 1.29 is 33.8 Å². The lowest BCUT2D eigenvalue weighted by Gasteiger charge is -2.21. The molecule has 116 valence electrons. The molecule has 0 bridgehead atoms. The van der Waals surface area contributed by atoms with E-state index in [1.54, 1.807) is 0 Å². The van der Waals surface area contributed by atoms with E-state index in [0.717, 1.165) is 6.42 Å². The van der Waals surface area contributed by atoms with Crippen molar-refractivity contribution in [1.29, 1.82) is 0 Å². The quantitative estimate of drug-likeness (QED) is 0.372. The van der Waals surface area contributed by atoms with Crippen molar-refractivity contribution in [2.24, 2.45) is 0 Å². The van der Waals surface area contributed by atoms with E-state index in [-0.39, 0.29) is 31.0 Å². The lowest BCUT2D eigenvalue weighted by Crippen LogP contribution is -2.29. The molecule has 0 radical (unpaired) electrons. The summed E-state index contributed by atoms with van der Waals surface area (Å²) in [4.78, 5) is 30.1. The van der Waals surface area contributed by atoms with Gasteiger partial charge in [0.05, 0.1) is 18.9 Å². The molecule has 20 heavy (non-hydrogen) atoms. The van der Waals surface area contributed by atoms with Gasteiger partial charge >= 0.3 is 17.9 Å². The molecule has 2 atom stereocenters. The van der Waals surface area contributed by atoms with Gasteiger partial charge in [-0.15, -0.1) is 0 Å². The number of carbonyl (C=O) groups is 3. The third-order valence-electron chi connectivity index (χ3n) is 2.28. The topological polar surface area (TPSA) is 110 Å². The van der Waals surface area contributed by atoms with Crippen molar-refractivity contribution in [2.45, 2.75) is 45.3 Å². The molecule has 0 aromatic rings. The number of carboxylic acid groups (broad SMARTS) is 2. The van der Waals surface area contributed by atoms with Crippen LogP contribution in [0.15, 0.2) is 12.7 Å². The molecule has 8 heteroatoms. The Morgan fingerprint density at radius 3 is 1.95 bits per heavy atom. The molecule has 0 amide bonds. The third kappa shape index (κ3) is 12.8. The Balaban J connectivity index is 0. The van der Waals surface area contributed by atoms with Gasteiger partial charge in [-0.1, -0.05) is 13.5 Å². The lowest BCUT2D eigenvalue weighted by atomic mass is 10.2. The van der Waals surface area contributed by atoms with Crippen LogP contribution in [-0.2, 0) is 23.5 Å². The zero-order chi connectivity index (χ0) is 16.1. The summed E-state index contributed by atoms with van der Waals surface area (Å²) in [6.07, 6.45) is 1.19. The van der Waals surface area contributed by atoms with Crippen molar-refractivity contribution in [1.82, 2.24) is 0 Å². The van der Waals surface area contributed by atoms with Gasteiger partial charge in [0.15, 0.2) is 0 Å². The SMILES string of the molecule is C=CC(=O)OC(CC)C(C)O[SiH3].O=C(O)CCC(=O)O. The molecule has 0 aliphatic heterocycles. The smallest absolute Gasteiger partial charge is 0.330 e. The predicted molar refractivity (Wildman–Crippen MR) is 75.4 cm³/mol. The summed E-state index contributed by atoms with van der Waals surface area (Å²) < 4.78 is 10.2. The van der Waals surface area contributed by atoms with Gasteiger partial charge < -0.3 is 19.4 Å². The van der Waals surface area contributed by atoms with Crippen molar-refractivity contribution in [3.8, 4) is 0 Å². The zero-order valence-corrected chi connectivity index (χ0v) is 14.0. The van der Waals surface area contributed by atoms with Crippen molar-refractivity contribution in [2.75, 3.05) is 0 Å². The highest BCUT2D eigenvalue weighted by molar-refractivity contribution is 5.98. The molecule has 0 aromatic carbocycles. The molecule has 2 unspecified atom stereocenters. The summed E-state index contributed by atoms with van der Waals surface area (Å²) in [6.45, 7) is 7.18.